The van der Waals surface area contributed by atoms with Gasteiger partial charge in [0.2, 0.25) is 5.95 Å². The van der Waals surface area contributed by atoms with Gasteiger partial charge in [-0.1, -0.05) is 30.3 Å². The number of piperidine rings is 1. The number of ether oxygens (including phenoxy) is 1. The molecule has 3 N–H and O–H groups in total. The monoisotopic (exact) mass is 369 g/mol. The van der Waals surface area contributed by atoms with Crippen LogP contribution in [0.2, 0.25) is 0 Å². The lowest BCUT2D eigenvalue weighted by Crippen LogP contribution is -2.41. The second-order valence-corrected chi connectivity index (χ2v) is 6.48. The molecule has 0 bridgehead atoms. The van der Waals surface area contributed by atoms with Gasteiger partial charge in [0.05, 0.1) is 0 Å². The molecule has 27 heavy (non-hydrogen) atoms. The smallest absolute Gasteiger partial charge is 0.410 e. The van der Waals surface area contributed by atoms with Gasteiger partial charge in [-0.15, -0.1) is 0 Å². The number of aromatic nitrogens is 2. The van der Waals surface area contributed by atoms with Crippen molar-refractivity contribution in [1.82, 2.24) is 20.2 Å². The SMILES string of the molecule is Nc1nccc(C(=O)NCC2CCN(C(=O)OCc3ccccc3)CC2)n1. The van der Waals surface area contributed by atoms with Crippen LogP contribution in [0.15, 0.2) is 42.6 Å². The molecule has 0 radical (unpaired) electrons. The summed E-state index contributed by atoms with van der Waals surface area (Å²) in [5, 5.41) is 2.87. The number of carbonyl (C=O) groups is 2. The van der Waals surface area contributed by atoms with Crippen molar-refractivity contribution < 1.29 is 14.3 Å². The zero-order chi connectivity index (χ0) is 19.1. The number of nitrogens with two attached hydrogens (primary N) is 1. The van der Waals surface area contributed by atoms with Gasteiger partial charge in [0, 0.05) is 25.8 Å². The molecular weight excluding hydrogens is 346 g/mol. The summed E-state index contributed by atoms with van der Waals surface area (Å²) in [5.74, 6) is 0.116. The van der Waals surface area contributed by atoms with E-state index in [1.807, 2.05) is 30.3 Å². The molecular formula is C19H23N5O3. The third-order valence-corrected chi connectivity index (χ3v) is 4.54. The Labute approximate surface area is 157 Å². The van der Waals surface area contributed by atoms with E-state index < -0.39 is 0 Å². The van der Waals surface area contributed by atoms with E-state index in [-0.39, 0.29) is 30.2 Å². The first-order valence-corrected chi connectivity index (χ1v) is 8.94. The first-order valence-electron chi connectivity index (χ1n) is 8.94. The molecule has 1 aromatic carbocycles. The third kappa shape index (κ3) is 5.40. The number of hydrogen-bond donors (Lipinski definition) is 2. The van der Waals surface area contributed by atoms with Crippen LogP contribution in [-0.4, -0.2) is 46.5 Å². The van der Waals surface area contributed by atoms with Gasteiger partial charge in [0.1, 0.15) is 12.3 Å². The molecule has 0 unspecified atom stereocenters. The van der Waals surface area contributed by atoms with Gasteiger partial charge in [-0.2, -0.15) is 0 Å². The normalized spacial score (nSPS) is 14.6. The Hall–Kier alpha value is -3.16. The summed E-state index contributed by atoms with van der Waals surface area (Å²) in [6.07, 6.45) is 2.79. The zero-order valence-electron chi connectivity index (χ0n) is 15.0. The van der Waals surface area contributed by atoms with E-state index in [0.717, 1.165) is 18.4 Å². The first kappa shape index (κ1) is 18.6. The van der Waals surface area contributed by atoms with Crippen molar-refractivity contribution in [2.24, 2.45) is 5.92 Å². The van der Waals surface area contributed by atoms with Crippen LogP contribution in [-0.2, 0) is 11.3 Å². The summed E-state index contributed by atoms with van der Waals surface area (Å²) < 4.78 is 5.36. The number of hydrogen-bond acceptors (Lipinski definition) is 6. The minimum atomic E-state index is -0.294. The van der Waals surface area contributed by atoms with Crippen LogP contribution in [0.1, 0.15) is 28.9 Å². The van der Waals surface area contributed by atoms with Gasteiger partial charge in [0.25, 0.3) is 5.91 Å². The van der Waals surface area contributed by atoms with Crippen LogP contribution < -0.4 is 11.1 Å². The zero-order valence-corrected chi connectivity index (χ0v) is 15.0. The Morgan fingerprint density at radius 2 is 1.93 bits per heavy atom. The van der Waals surface area contributed by atoms with Crippen molar-refractivity contribution in [3.63, 3.8) is 0 Å². The molecule has 1 aliphatic heterocycles. The maximum absolute atomic E-state index is 12.2. The largest absolute Gasteiger partial charge is 0.445 e. The van der Waals surface area contributed by atoms with E-state index in [1.54, 1.807) is 4.90 Å². The Kier molecular flexibility index (Phi) is 6.19. The lowest BCUT2D eigenvalue weighted by atomic mass is 9.97. The van der Waals surface area contributed by atoms with Gasteiger partial charge in [-0.05, 0) is 30.4 Å². The molecule has 1 saturated heterocycles. The highest BCUT2D eigenvalue weighted by Gasteiger charge is 2.24. The van der Waals surface area contributed by atoms with Crippen molar-refractivity contribution in [3.05, 3.63) is 53.9 Å². The highest BCUT2D eigenvalue weighted by Crippen LogP contribution is 2.17. The summed E-state index contributed by atoms with van der Waals surface area (Å²) in [7, 11) is 0. The van der Waals surface area contributed by atoms with E-state index in [2.05, 4.69) is 15.3 Å². The predicted molar refractivity (Wildman–Crippen MR) is 99.7 cm³/mol. The van der Waals surface area contributed by atoms with Gasteiger partial charge >= 0.3 is 6.09 Å². The van der Waals surface area contributed by atoms with Crippen molar-refractivity contribution in [2.75, 3.05) is 25.4 Å². The van der Waals surface area contributed by atoms with Crippen LogP contribution in [0.3, 0.4) is 0 Å². The van der Waals surface area contributed by atoms with Crippen LogP contribution in [0.5, 0.6) is 0 Å². The van der Waals surface area contributed by atoms with Crippen molar-refractivity contribution in [3.8, 4) is 0 Å². The molecule has 0 atom stereocenters. The number of anilines is 1. The fourth-order valence-corrected chi connectivity index (χ4v) is 2.96. The molecule has 2 amide bonds. The number of nitrogen functional groups attached to an aromatic ring is 1. The first-order chi connectivity index (χ1) is 13.1. The molecule has 2 heterocycles. The molecule has 0 saturated carbocycles. The molecule has 1 fully saturated rings. The fourth-order valence-electron chi connectivity index (χ4n) is 2.96. The average Bonchev–Trinajstić information content (AvgIpc) is 2.71. The Morgan fingerprint density at radius 3 is 2.63 bits per heavy atom. The average molecular weight is 369 g/mol. The minimum Gasteiger partial charge on any atom is -0.445 e. The topological polar surface area (TPSA) is 110 Å². The van der Waals surface area contributed by atoms with E-state index >= 15 is 0 Å². The van der Waals surface area contributed by atoms with Crippen LogP contribution >= 0.6 is 0 Å². The van der Waals surface area contributed by atoms with Crippen LogP contribution in [0, 0.1) is 5.92 Å². The highest BCUT2D eigenvalue weighted by molar-refractivity contribution is 5.92. The third-order valence-electron chi connectivity index (χ3n) is 4.54. The molecule has 142 valence electrons. The van der Waals surface area contributed by atoms with Crippen LogP contribution in [0.25, 0.3) is 0 Å². The van der Waals surface area contributed by atoms with Gasteiger partial charge < -0.3 is 20.7 Å². The summed E-state index contributed by atoms with van der Waals surface area (Å²) >= 11 is 0. The molecule has 1 aromatic heterocycles. The second kappa shape index (κ2) is 8.98. The number of benzene rings is 1. The Bertz CT molecular complexity index is 776. The van der Waals surface area contributed by atoms with E-state index in [4.69, 9.17) is 10.5 Å². The maximum Gasteiger partial charge on any atom is 0.410 e. The lowest BCUT2D eigenvalue weighted by molar-refractivity contribution is 0.0800. The number of amides is 2. The van der Waals surface area contributed by atoms with Crippen molar-refractivity contribution in [2.45, 2.75) is 19.4 Å². The summed E-state index contributed by atoms with van der Waals surface area (Å²) in [4.78, 5) is 33.6. The number of nitrogens with one attached hydrogen (secondary N) is 1. The van der Waals surface area contributed by atoms with Gasteiger partial charge in [-0.25, -0.2) is 14.8 Å². The van der Waals surface area contributed by atoms with E-state index in [9.17, 15) is 9.59 Å². The number of likely N-dealkylation sites (tertiary alicyclic amines) is 1. The quantitative estimate of drug-likeness (QED) is 0.832. The fraction of sp³-hybridized carbons (Fsp3) is 0.368. The molecule has 8 heteroatoms. The van der Waals surface area contributed by atoms with Crippen molar-refractivity contribution >= 4 is 17.9 Å². The second-order valence-electron chi connectivity index (χ2n) is 6.48. The Balaban J connectivity index is 1.38. The van der Waals surface area contributed by atoms with Crippen molar-refractivity contribution in [1.29, 1.82) is 0 Å². The van der Waals surface area contributed by atoms with Gasteiger partial charge in [-0.3, -0.25) is 4.79 Å². The molecule has 0 spiro atoms. The van der Waals surface area contributed by atoms with Gasteiger partial charge in [0.15, 0.2) is 0 Å². The predicted octanol–water partition coefficient (Wildman–Crippen LogP) is 1.84. The maximum atomic E-state index is 12.2. The molecule has 2 aromatic rings. The molecule has 3 rings (SSSR count). The lowest BCUT2D eigenvalue weighted by Gasteiger charge is -2.31. The molecule has 8 nitrogen and oxygen atoms in total. The summed E-state index contributed by atoms with van der Waals surface area (Å²) in [6.45, 7) is 2.05. The summed E-state index contributed by atoms with van der Waals surface area (Å²) in [6, 6.07) is 11.1. The molecule has 1 aliphatic rings. The highest BCUT2D eigenvalue weighted by atomic mass is 16.6. The number of nitrogens with zero attached hydrogens (tertiary/aromatic N) is 3. The van der Waals surface area contributed by atoms with E-state index in [1.165, 1.54) is 12.3 Å². The Morgan fingerprint density at radius 1 is 1.19 bits per heavy atom. The number of carbonyl (C=O) groups excluding carboxylic acids is 2. The van der Waals surface area contributed by atoms with Crippen LogP contribution in [0.4, 0.5) is 10.7 Å². The minimum absolute atomic E-state index is 0.0740. The molecule has 0 aliphatic carbocycles. The standard InChI is InChI=1S/C19H23N5O3/c20-18-21-9-6-16(23-18)17(25)22-12-14-7-10-24(11-8-14)19(26)27-13-15-4-2-1-3-5-15/h1-6,9,14H,7-8,10-13H2,(H,22,25)(H2,20,21,23). The number of rotatable bonds is 5. The van der Waals surface area contributed by atoms with E-state index in [0.29, 0.717) is 25.6 Å². The summed E-state index contributed by atoms with van der Waals surface area (Å²) in [5.41, 5.74) is 6.71.